The van der Waals surface area contributed by atoms with Gasteiger partial charge in [-0.2, -0.15) is 0 Å². The topological polar surface area (TPSA) is 63.3 Å². The lowest BCUT2D eigenvalue weighted by Gasteiger charge is -1.91. The molecule has 0 unspecified atom stereocenters. The van der Waals surface area contributed by atoms with E-state index in [0.717, 1.165) is 6.07 Å². The first-order valence-corrected chi connectivity index (χ1v) is 3.57. The fourth-order valence-corrected chi connectivity index (χ4v) is 1.12. The number of carboxylic acids is 1. The molecule has 2 rings (SSSR count). The van der Waals surface area contributed by atoms with Crippen molar-refractivity contribution in [3.8, 4) is 0 Å². The number of hydrogen-bond acceptors (Lipinski definition) is 3. The Morgan fingerprint density at radius 3 is 2.79 bits per heavy atom. The van der Waals surface area contributed by atoms with Gasteiger partial charge in [0.1, 0.15) is 5.82 Å². The zero-order chi connectivity index (χ0) is 10.3. The van der Waals surface area contributed by atoms with Crippen LogP contribution < -0.4 is 0 Å². The first-order chi connectivity index (χ1) is 6.59. The Labute approximate surface area is 75.7 Å². The van der Waals surface area contributed by atoms with Gasteiger partial charge in [-0.1, -0.05) is 5.16 Å². The summed E-state index contributed by atoms with van der Waals surface area (Å²) in [6.07, 6.45) is 0. The van der Waals surface area contributed by atoms with Crippen molar-refractivity contribution < 1.29 is 23.2 Å². The second-order valence-electron chi connectivity index (χ2n) is 2.60. The molecule has 0 atom stereocenters. The summed E-state index contributed by atoms with van der Waals surface area (Å²) in [6.45, 7) is 0. The van der Waals surface area contributed by atoms with Crippen LogP contribution in [0.15, 0.2) is 16.7 Å². The molecule has 0 saturated carbocycles. The van der Waals surface area contributed by atoms with Gasteiger partial charge in [0, 0.05) is 6.07 Å². The maximum Gasteiger partial charge on any atom is 0.358 e. The monoisotopic (exact) mass is 199 g/mol. The number of hydrogen-bond donors (Lipinski definition) is 1. The molecule has 14 heavy (non-hydrogen) atoms. The summed E-state index contributed by atoms with van der Waals surface area (Å²) in [5.41, 5.74) is -0.859. The number of carboxylic acid groups (broad SMARTS) is 1. The van der Waals surface area contributed by atoms with Crippen LogP contribution in [0.25, 0.3) is 11.0 Å². The summed E-state index contributed by atoms with van der Waals surface area (Å²) < 4.78 is 30.1. The third kappa shape index (κ3) is 1.12. The molecule has 0 aliphatic carbocycles. The van der Waals surface area contributed by atoms with E-state index in [1.165, 1.54) is 0 Å². The number of aromatic nitrogens is 1. The van der Waals surface area contributed by atoms with E-state index in [1.807, 2.05) is 0 Å². The highest BCUT2D eigenvalue weighted by Crippen LogP contribution is 2.22. The van der Waals surface area contributed by atoms with Gasteiger partial charge in [-0.05, 0) is 6.07 Å². The predicted octanol–water partition coefficient (Wildman–Crippen LogP) is 1.80. The van der Waals surface area contributed by atoms with Gasteiger partial charge in [0.25, 0.3) is 0 Å². The molecule has 4 nitrogen and oxygen atoms in total. The Morgan fingerprint density at radius 2 is 2.14 bits per heavy atom. The van der Waals surface area contributed by atoms with Crippen molar-refractivity contribution in [2.75, 3.05) is 0 Å². The third-order valence-electron chi connectivity index (χ3n) is 1.69. The number of halogens is 2. The number of aromatic carboxylic acids is 1. The summed E-state index contributed by atoms with van der Waals surface area (Å²) in [4.78, 5) is 10.5. The summed E-state index contributed by atoms with van der Waals surface area (Å²) in [5, 5.41) is 11.5. The molecule has 0 radical (unpaired) electrons. The first-order valence-electron chi connectivity index (χ1n) is 3.57. The summed E-state index contributed by atoms with van der Waals surface area (Å²) >= 11 is 0. The normalized spacial score (nSPS) is 10.7. The molecule has 0 aliphatic heterocycles. The molecule has 0 spiro atoms. The fraction of sp³-hybridized carbons (Fsp3) is 0. The van der Waals surface area contributed by atoms with Crippen molar-refractivity contribution in [1.82, 2.24) is 5.16 Å². The van der Waals surface area contributed by atoms with Crippen LogP contribution >= 0.6 is 0 Å². The Balaban J connectivity index is 2.85. The highest BCUT2D eigenvalue weighted by molar-refractivity contribution is 6.00. The van der Waals surface area contributed by atoms with Crippen LogP contribution in [0.1, 0.15) is 10.5 Å². The van der Waals surface area contributed by atoms with Gasteiger partial charge >= 0.3 is 5.97 Å². The quantitative estimate of drug-likeness (QED) is 0.760. The second kappa shape index (κ2) is 2.76. The van der Waals surface area contributed by atoms with Crippen LogP contribution in [-0.2, 0) is 0 Å². The molecular weight excluding hydrogens is 196 g/mol. The van der Waals surface area contributed by atoms with Crippen molar-refractivity contribution in [3.05, 3.63) is 29.5 Å². The van der Waals surface area contributed by atoms with E-state index in [0.29, 0.717) is 6.07 Å². The summed E-state index contributed by atoms with van der Waals surface area (Å²) in [6, 6.07) is 1.46. The molecule has 1 aromatic heterocycles. The highest BCUT2D eigenvalue weighted by Gasteiger charge is 2.18. The fourth-order valence-electron chi connectivity index (χ4n) is 1.12. The lowest BCUT2D eigenvalue weighted by atomic mass is 10.2. The zero-order valence-corrected chi connectivity index (χ0v) is 6.62. The SMILES string of the molecule is O=C(O)c1noc2c(F)cc(F)cc12. The van der Waals surface area contributed by atoms with Crippen molar-refractivity contribution in [2.24, 2.45) is 0 Å². The lowest BCUT2D eigenvalue weighted by molar-refractivity contribution is 0.0688. The molecule has 0 bridgehead atoms. The molecule has 0 amide bonds. The Hall–Kier alpha value is -1.98. The van der Waals surface area contributed by atoms with Crippen LogP contribution in [0.4, 0.5) is 8.78 Å². The van der Waals surface area contributed by atoms with Crippen LogP contribution in [0.2, 0.25) is 0 Å². The molecule has 1 N–H and O–H groups in total. The van der Waals surface area contributed by atoms with Crippen molar-refractivity contribution in [3.63, 3.8) is 0 Å². The van der Waals surface area contributed by atoms with Gasteiger partial charge in [-0.15, -0.1) is 0 Å². The summed E-state index contributed by atoms with van der Waals surface area (Å²) in [7, 11) is 0. The minimum atomic E-state index is -1.39. The van der Waals surface area contributed by atoms with E-state index in [1.54, 1.807) is 0 Å². The van der Waals surface area contributed by atoms with Gasteiger partial charge < -0.3 is 9.63 Å². The molecule has 2 aromatic rings. The van der Waals surface area contributed by atoms with Gasteiger partial charge in [-0.25, -0.2) is 13.6 Å². The summed E-state index contributed by atoms with van der Waals surface area (Å²) in [5.74, 6) is -3.24. The van der Waals surface area contributed by atoms with Crippen molar-refractivity contribution in [2.45, 2.75) is 0 Å². The highest BCUT2D eigenvalue weighted by atomic mass is 19.1. The Bertz CT molecular complexity index is 521. The predicted molar refractivity (Wildman–Crippen MR) is 40.9 cm³/mol. The van der Waals surface area contributed by atoms with Gasteiger partial charge in [0.15, 0.2) is 11.5 Å². The van der Waals surface area contributed by atoms with Crippen molar-refractivity contribution >= 4 is 16.9 Å². The van der Waals surface area contributed by atoms with Gasteiger partial charge in [0.2, 0.25) is 5.58 Å². The zero-order valence-electron chi connectivity index (χ0n) is 6.62. The molecule has 72 valence electrons. The number of fused-ring (bicyclic) bond motifs is 1. The largest absolute Gasteiger partial charge is 0.476 e. The maximum absolute atomic E-state index is 13.0. The third-order valence-corrected chi connectivity index (χ3v) is 1.69. The average Bonchev–Trinajstić information content (AvgIpc) is 2.47. The van der Waals surface area contributed by atoms with E-state index in [9.17, 15) is 13.6 Å². The van der Waals surface area contributed by atoms with E-state index in [-0.39, 0.29) is 11.0 Å². The number of nitrogens with zero attached hydrogens (tertiary/aromatic N) is 1. The number of carbonyl (C=O) groups is 1. The maximum atomic E-state index is 13.0. The van der Waals surface area contributed by atoms with Crippen molar-refractivity contribution in [1.29, 1.82) is 0 Å². The first kappa shape index (κ1) is 8.61. The number of rotatable bonds is 1. The molecular formula is C8H3F2NO3. The van der Waals surface area contributed by atoms with Crippen LogP contribution in [0, 0.1) is 11.6 Å². The Kier molecular flexibility index (Phi) is 1.70. The minimum absolute atomic E-state index is 0.185. The van der Waals surface area contributed by atoms with Crippen LogP contribution in [0.5, 0.6) is 0 Å². The van der Waals surface area contributed by atoms with Crippen LogP contribution in [0.3, 0.4) is 0 Å². The molecule has 6 heteroatoms. The Morgan fingerprint density at radius 1 is 1.43 bits per heavy atom. The molecule has 1 heterocycles. The number of benzene rings is 1. The molecule has 0 saturated heterocycles. The van der Waals surface area contributed by atoms with Gasteiger partial charge in [0.05, 0.1) is 5.39 Å². The van der Waals surface area contributed by atoms with E-state index >= 15 is 0 Å². The van der Waals surface area contributed by atoms with E-state index < -0.39 is 23.3 Å². The average molecular weight is 199 g/mol. The molecule has 1 aromatic carbocycles. The van der Waals surface area contributed by atoms with Crippen LogP contribution in [-0.4, -0.2) is 16.2 Å². The van der Waals surface area contributed by atoms with Gasteiger partial charge in [-0.3, -0.25) is 0 Å². The van der Waals surface area contributed by atoms with E-state index in [4.69, 9.17) is 5.11 Å². The second-order valence-corrected chi connectivity index (χ2v) is 2.60. The lowest BCUT2D eigenvalue weighted by Crippen LogP contribution is -1.96. The standard InChI is InChI=1S/C8H3F2NO3/c9-3-1-4-6(8(12)13)11-14-7(4)5(10)2-3/h1-2H,(H,12,13). The molecule has 0 aliphatic rings. The smallest absolute Gasteiger partial charge is 0.358 e. The van der Waals surface area contributed by atoms with E-state index in [2.05, 4.69) is 9.68 Å². The molecule has 0 fully saturated rings. The minimum Gasteiger partial charge on any atom is -0.476 e.